The number of amides is 1. The Hall–Kier alpha value is -1.58. The van der Waals surface area contributed by atoms with E-state index in [1.165, 1.54) is 0 Å². The Morgan fingerprint density at radius 1 is 1.62 bits per heavy atom. The highest BCUT2D eigenvalue weighted by molar-refractivity contribution is 5.74. The molecule has 1 amide bonds. The number of carbonyl (C=O) groups is 1. The molecule has 1 aliphatic heterocycles. The molecule has 1 aromatic heterocycles. The summed E-state index contributed by atoms with van der Waals surface area (Å²) in [7, 11) is 1.86. The summed E-state index contributed by atoms with van der Waals surface area (Å²) >= 11 is 0. The van der Waals surface area contributed by atoms with Crippen LogP contribution in [0.5, 0.6) is 0 Å². The summed E-state index contributed by atoms with van der Waals surface area (Å²) in [5.41, 5.74) is 1.12. The number of nitrogens with zero attached hydrogens (tertiary/aromatic N) is 2. The Bertz CT molecular complexity index is 392. The lowest BCUT2D eigenvalue weighted by atomic mass is 10.1. The molecule has 4 heteroatoms. The SMILES string of the molecule is CNc1ncccc1C1CCCN1C(C)=O. The van der Waals surface area contributed by atoms with Gasteiger partial charge in [0.2, 0.25) is 5.91 Å². The maximum absolute atomic E-state index is 11.5. The Morgan fingerprint density at radius 3 is 3.12 bits per heavy atom. The van der Waals surface area contributed by atoms with Gasteiger partial charge in [-0.25, -0.2) is 4.98 Å². The number of rotatable bonds is 2. The zero-order valence-electron chi connectivity index (χ0n) is 9.73. The number of likely N-dealkylation sites (tertiary alicyclic amines) is 1. The average Bonchev–Trinajstić information content (AvgIpc) is 2.77. The molecule has 0 aliphatic carbocycles. The van der Waals surface area contributed by atoms with Crippen LogP contribution >= 0.6 is 0 Å². The molecule has 0 spiro atoms. The van der Waals surface area contributed by atoms with Gasteiger partial charge in [-0.1, -0.05) is 6.07 Å². The maximum Gasteiger partial charge on any atom is 0.219 e. The van der Waals surface area contributed by atoms with Gasteiger partial charge in [-0.15, -0.1) is 0 Å². The van der Waals surface area contributed by atoms with Crippen LogP contribution in [0.15, 0.2) is 18.3 Å². The van der Waals surface area contributed by atoms with Gasteiger partial charge < -0.3 is 10.2 Å². The molecule has 1 atom stereocenters. The highest BCUT2D eigenvalue weighted by Crippen LogP contribution is 2.34. The van der Waals surface area contributed by atoms with Gasteiger partial charge in [-0.2, -0.15) is 0 Å². The van der Waals surface area contributed by atoms with E-state index in [9.17, 15) is 4.79 Å². The summed E-state index contributed by atoms with van der Waals surface area (Å²) < 4.78 is 0. The first kappa shape index (κ1) is 10.9. The van der Waals surface area contributed by atoms with E-state index in [0.717, 1.165) is 30.8 Å². The van der Waals surface area contributed by atoms with Crippen molar-refractivity contribution >= 4 is 11.7 Å². The lowest BCUT2D eigenvalue weighted by molar-refractivity contribution is -0.129. The fourth-order valence-electron chi connectivity index (χ4n) is 2.36. The standard InChI is InChI=1S/C12H17N3O/c1-9(16)15-8-4-6-11(15)10-5-3-7-14-12(10)13-2/h3,5,7,11H,4,6,8H2,1-2H3,(H,13,14). The average molecular weight is 219 g/mol. The molecular weight excluding hydrogens is 202 g/mol. The van der Waals surface area contributed by atoms with Gasteiger partial charge in [0.15, 0.2) is 0 Å². The normalized spacial score (nSPS) is 19.9. The molecule has 2 heterocycles. The largest absolute Gasteiger partial charge is 0.373 e. The zero-order valence-corrected chi connectivity index (χ0v) is 9.73. The molecule has 0 radical (unpaired) electrons. The first-order valence-electron chi connectivity index (χ1n) is 5.64. The van der Waals surface area contributed by atoms with Crippen LogP contribution < -0.4 is 5.32 Å². The fourth-order valence-corrected chi connectivity index (χ4v) is 2.36. The van der Waals surface area contributed by atoms with Gasteiger partial charge in [-0.3, -0.25) is 4.79 Å². The number of carbonyl (C=O) groups excluding carboxylic acids is 1. The van der Waals surface area contributed by atoms with E-state index < -0.39 is 0 Å². The monoisotopic (exact) mass is 219 g/mol. The van der Waals surface area contributed by atoms with Crippen LogP contribution in [0.3, 0.4) is 0 Å². The number of pyridine rings is 1. The lowest BCUT2D eigenvalue weighted by Crippen LogP contribution is -2.28. The molecule has 1 saturated heterocycles. The minimum absolute atomic E-state index is 0.147. The van der Waals surface area contributed by atoms with Crippen LogP contribution in [0.1, 0.15) is 31.4 Å². The van der Waals surface area contributed by atoms with Crippen molar-refractivity contribution in [1.82, 2.24) is 9.88 Å². The van der Waals surface area contributed by atoms with Gasteiger partial charge in [-0.05, 0) is 18.9 Å². The minimum atomic E-state index is 0.147. The summed E-state index contributed by atoms with van der Waals surface area (Å²) in [6, 6.07) is 4.16. The van der Waals surface area contributed by atoms with Gasteiger partial charge in [0.1, 0.15) is 5.82 Å². The van der Waals surface area contributed by atoms with E-state index in [1.54, 1.807) is 13.1 Å². The summed E-state index contributed by atoms with van der Waals surface area (Å²) in [4.78, 5) is 17.7. The first-order chi connectivity index (χ1) is 7.74. The third kappa shape index (κ3) is 1.87. The number of anilines is 1. The van der Waals surface area contributed by atoms with E-state index in [2.05, 4.69) is 10.3 Å². The first-order valence-corrected chi connectivity index (χ1v) is 5.64. The van der Waals surface area contributed by atoms with Crippen molar-refractivity contribution < 1.29 is 4.79 Å². The predicted molar refractivity (Wildman–Crippen MR) is 63.1 cm³/mol. The van der Waals surface area contributed by atoms with Gasteiger partial charge >= 0.3 is 0 Å². The second-order valence-corrected chi connectivity index (χ2v) is 4.06. The van der Waals surface area contributed by atoms with Crippen molar-refractivity contribution in [3.05, 3.63) is 23.9 Å². The van der Waals surface area contributed by atoms with Crippen LogP contribution in [-0.4, -0.2) is 29.4 Å². The van der Waals surface area contributed by atoms with Crippen LogP contribution in [0.2, 0.25) is 0 Å². The summed E-state index contributed by atoms with van der Waals surface area (Å²) in [6.07, 6.45) is 3.87. The van der Waals surface area contributed by atoms with Gasteiger partial charge in [0.25, 0.3) is 0 Å². The Kier molecular flexibility index (Phi) is 3.08. The van der Waals surface area contributed by atoms with E-state index in [1.807, 2.05) is 24.1 Å². The van der Waals surface area contributed by atoms with E-state index in [0.29, 0.717) is 0 Å². The van der Waals surface area contributed by atoms with E-state index >= 15 is 0 Å². The van der Waals surface area contributed by atoms with Crippen molar-refractivity contribution in [2.75, 3.05) is 18.9 Å². The summed E-state index contributed by atoms with van der Waals surface area (Å²) in [6.45, 7) is 2.49. The third-order valence-electron chi connectivity index (χ3n) is 3.09. The smallest absolute Gasteiger partial charge is 0.219 e. The minimum Gasteiger partial charge on any atom is -0.373 e. The molecule has 0 saturated carbocycles. The van der Waals surface area contributed by atoms with Crippen molar-refractivity contribution in [1.29, 1.82) is 0 Å². The van der Waals surface area contributed by atoms with Crippen molar-refractivity contribution in [3.8, 4) is 0 Å². The van der Waals surface area contributed by atoms with E-state index in [-0.39, 0.29) is 11.9 Å². The molecule has 1 unspecified atom stereocenters. The topological polar surface area (TPSA) is 45.2 Å². The van der Waals surface area contributed by atoms with Crippen LogP contribution in [0.25, 0.3) is 0 Å². The molecule has 1 N–H and O–H groups in total. The molecule has 1 fully saturated rings. The number of hydrogen-bond acceptors (Lipinski definition) is 3. The molecule has 2 rings (SSSR count). The zero-order chi connectivity index (χ0) is 11.5. The highest BCUT2D eigenvalue weighted by atomic mass is 16.2. The van der Waals surface area contributed by atoms with Crippen LogP contribution in [0.4, 0.5) is 5.82 Å². The van der Waals surface area contributed by atoms with Crippen LogP contribution in [0, 0.1) is 0 Å². The van der Waals surface area contributed by atoms with E-state index in [4.69, 9.17) is 0 Å². The molecule has 1 aromatic rings. The molecular formula is C12H17N3O. The molecule has 86 valence electrons. The Labute approximate surface area is 95.7 Å². The molecule has 16 heavy (non-hydrogen) atoms. The van der Waals surface area contributed by atoms with Gasteiger partial charge in [0.05, 0.1) is 6.04 Å². The number of aromatic nitrogens is 1. The second-order valence-electron chi connectivity index (χ2n) is 4.06. The molecule has 0 bridgehead atoms. The fraction of sp³-hybridized carbons (Fsp3) is 0.500. The van der Waals surface area contributed by atoms with Gasteiger partial charge in [0, 0.05) is 32.3 Å². The quantitative estimate of drug-likeness (QED) is 0.825. The molecule has 1 aliphatic rings. The highest BCUT2D eigenvalue weighted by Gasteiger charge is 2.29. The summed E-state index contributed by atoms with van der Waals surface area (Å²) in [5, 5.41) is 3.08. The molecule has 0 aromatic carbocycles. The van der Waals surface area contributed by atoms with Crippen molar-refractivity contribution in [2.24, 2.45) is 0 Å². The van der Waals surface area contributed by atoms with Crippen molar-refractivity contribution in [2.45, 2.75) is 25.8 Å². The third-order valence-corrected chi connectivity index (χ3v) is 3.09. The summed E-state index contributed by atoms with van der Waals surface area (Å²) in [5.74, 6) is 1.02. The van der Waals surface area contributed by atoms with Crippen LogP contribution in [-0.2, 0) is 4.79 Å². The maximum atomic E-state index is 11.5. The number of hydrogen-bond donors (Lipinski definition) is 1. The second kappa shape index (κ2) is 4.51. The Morgan fingerprint density at radius 2 is 2.44 bits per heavy atom. The Balaban J connectivity index is 2.32. The molecule has 4 nitrogen and oxygen atoms in total. The van der Waals surface area contributed by atoms with Crippen molar-refractivity contribution in [3.63, 3.8) is 0 Å². The lowest BCUT2D eigenvalue weighted by Gasteiger charge is -2.24. The number of nitrogens with one attached hydrogen (secondary N) is 1. The predicted octanol–water partition coefficient (Wildman–Crippen LogP) is 1.81.